The minimum absolute atomic E-state index is 0.329. The van der Waals surface area contributed by atoms with E-state index in [9.17, 15) is 9.59 Å². The number of carbonyl (C=O) groups is 2. The van der Waals surface area contributed by atoms with Crippen LogP contribution in [0.2, 0.25) is 0 Å². The third-order valence-electron chi connectivity index (χ3n) is 2.92. The van der Waals surface area contributed by atoms with Gasteiger partial charge >= 0.3 is 11.9 Å². The second kappa shape index (κ2) is 7.22. The van der Waals surface area contributed by atoms with Gasteiger partial charge < -0.3 is 9.47 Å². The zero-order chi connectivity index (χ0) is 15.9. The lowest BCUT2D eigenvalue weighted by atomic mass is 10.0. The molecule has 4 heteroatoms. The molecule has 0 aliphatic carbocycles. The van der Waals surface area contributed by atoms with Crippen LogP contribution in [0.1, 0.15) is 24.2 Å². The van der Waals surface area contributed by atoms with Crippen LogP contribution < -0.4 is 0 Å². The molecule has 4 nitrogen and oxygen atoms in total. The van der Waals surface area contributed by atoms with Crippen molar-refractivity contribution in [1.29, 1.82) is 0 Å². The molecule has 0 fully saturated rings. The van der Waals surface area contributed by atoms with Gasteiger partial charge in [0.1, 0.15) is 0 Å². The van der Waals surface area contributed by atoms with Gasteiger partial charge in [-0.1, -0.05) is 60.7 Å². The van der Waals surface area contributed by atoms with Crippen LogP contribution in [0.15, 0.2) is 73.0 Å². The van der Waals surface area contributed by atoms with Gasteiger partial charge in [0.05, 0.1) is 0 Å². The Labute approximate surface area is 129 Å². The molecule has 0 aromatic heterocycles. The molecule has 112 valence electrons. The SMILES string of the molecule is C=C(OC(C)=O)C(=O)OC(c1ccccc1)c1ccccc1. The van der Waals surface area contributed by atoms with Crippen molar-refractivity contribution >= 4 is 11.9 Å². The molecule has 22 heavy (non-hydrogen) atoms. The molecule has 0 spiro atoms. The van der Waals surface area contributed by atoms with Crippen LogP contribution in [0.25, 0.3) is 0 Å². The molecule has 0 atom stereocenters. The van der Waals surface area contributed by atoms with Crippen LogP contribution in [-0.4, -0.2) is 11.9 Å². The van der Waals surface area contributed by atoms with Crippen molar-refractivity contribution in [1.82, 2.24) is 0 Å². The Hall–Kier alpha value is -2.88. The van der Waals surface area contributed by atoms with Gasteiger partial charge in [-0.3, -0.25) is 4.79 Å². The molecule has 0 bridgehead atoms. The van der Waals surface area contributed by atoms with Crippen LogP contribution >= 0.6 is 0 Å². The van der Waals surface area contributed by atoms with Crippen molar-refractivity contribution < 1.29 is 19.1 Å². The third kappa shape index (κ3) is 4.06. The minimum atomic E-state index is -0.770. The van der Waals surface area contributed by atoms with Crippen LogP contribution in [-0.2, 0) is 19.1 Å². The molecule has 2 aromatic carbocycles. The van der Waals surface area contributed by atoms with Gasteiger partial charge in [0.2, 0.25) is 5.76 Å². The Morgan fingerprint density at radius 3 is 1.77 bits per heavy atom. The van der Waals surface area contributed by atoms with E-state index >= 15 is 0 Å². The molecule has 0 aliphatic heterocycles. The van der Waals surface area contributed by atoms with E-state index in [4.69, 9.17) is 4.74 Å². The number of rotatable bonds is 5. The monoisotopic (exact) mass is 296 g/mol. The fourth-order valence-electron chi connectivity index (χ4n) is 1.97. The quantitative estimate of drug-likeness (QED) is 0.482. The van der Waals surface area contributed by atoms with Gasteiger partial charge in [-0.15, -0.1) is 0 Å². The topological polar surface area (TPSA) is 52.6 Å². The zero-order valence-corrected chi connectivity index (χ0v) is 12.2. The summed E-state index contributed by atoms with van der Waals surface area (Å²) in [4.78, 5) is 22.9. The summed E-state index contributed by atoms with van der Waals surface area (Å²) in [7, 11) is 0. The summed E-state index contributed by atoms with van der Waals surface area (Å²) in [6.45, 7) is 4.62. The highest BCUT2D eigenvalue weighted by Gasteiger charge is 2.21. The Morgan fingerprint density at radius 1 is 0.909 bits per heavy atom. The van der Waals surface area contributed by atoms with E-state index in [0.717, 1.165) is 11.1 Å². The van der Waals surface area contributed by atoms with E-state index in [1.165, 1.54) is 6.92 Å². The third-order valence-corrected chi connectivity index (χ3v) is 2.92. The standard InChI is InChI=1S/C18H16O4/c1-13(21-14(2)19)18(20)22-17(15-9-5-3-6-10-15)16-11-7-4-8-12-16/h3-12,17H,1H2,2H3. The smallest absolute Gasteiger partial charge is 0.374 e. The second-order valence-corrected chi connectivity index (χ2v) is 4.62. The van der Waals surface area contributed by atoms with E-state index in [1.807, 2.05) is 60.7 Å². The van der Waals surface area contributed by atoms with E-state index < -0.39 is 18.0 Å². The maximum Gasteiger partial charge on any atom is 0.374 e. The van der Waals surface area contributed by atoms with Crippen molar-refractivity contribution in [3.8, 4) is 0 Å². The molecule has 0 N–H and O–H groups in total. The van der Waals surface area contributed by atoms with Crippen LogP contribution in [0.5, 0.6) is 0 Å². The fraction of sp³-hybridized carbons (Fsp3) is 0.111. The molecular weight excluding hydrogens is 280 g/mol. The molecular formula is C18H16O4. The summed E-state index contributed by atoms with van der Waals surface area (Å²) in [6, 6.07) is 18.6. The van der Waals surface area contributed by atoms with Gasteiger partial charge in [-0.05, 0) is 17.7 Å². The summed E-state index contributed by atoms with van der Waals surface area (Å²) >= 11 is 0. The predicted octanol–water partition coefficient (Wildman–Crippen LogP) is 3.40. The molecule has 0 saturated carbocycles. The van der Waals surface area contributed by atoms with Gasteiger partial charge in [-0.2, -0.15) is 0 Å². The molecule has 0 saturated heterocycles. The molecule has 0 aliphatic rings. The normalized spacial score (nSPS) is 10.1. The fourth-order valence-corrected chi connectivity index (χ4v) is 1.97. The van der Waals surface area contributed by atoms with Crippen LogP contribution in [0.3, 0.4) is 0 Å². The van der Waals surface area contributed by atoms with Gasteiger partial charge in [0.25, 0.3) is 0 Å². The van der Waals surface area contributed by atoms with Gasteiger partial charge in [0, 0.05) is 6.92 Å². The maximum absolute atomic E-state index is 12.0. The molecule has 0 unspecified atom stereocenters. The van der Waals surface area contributed by atoms with Crippen LogP contribution in [0.4, 0.5) is 0 Å². The molecule has 2 rings (SSSR count). The maximum atomic E-state index is 12.0. The molecule has 0 heterocycles. The van der Waals surface area contributed by atoms with Gasteiger partial charge in [-0.25, -0.2) is 4.79 Å². The number of hydrogen-bond acceptors (Lipinski definition) is 4. The molecule has 0 amide bonds. The van der Waals surface area contributed by atoms with Gasteiger partial charge in [0.15, 0.2) is 6.10 Å². The average molecular weight is 296 g/mol. The van der Waals surface area contributed by atoms with Crippen LogP contribution in [0, 0.1) is 0 Å². The second-order valence-electron chi connectivity index (χ2n) is 4.62. The Morgan fingerprint density at radius 2 is 1.36 bits per heavy atom. The predicted molar refractivity (Wildman–Crippen MR) is 81.7 cm³/mol. The Kier molecular flexibility index (Phi) is 5.09. The largest absolute Gasteiger partial charge is 0.447 e. The summed E-state index contributed by atoms with van der Waals surface area (Å²) in [6.07, 6.45) is -0.595. The number of hydrogen-bond donors (Lipinski definition) is 0. The van der Waals surface area contributed by atoms with E-state index in [0.29, 0.717) is 0 Å². The van der Waals surface area contributed by atoms with E-state index in [1.54, 1.807) is 0 Å². The first-order chi connectivity index (χ1) is 10.6. The summed E-state index contributed by atoms with van der Waals surface area (Å²) < 4.78 is 10.1. The highest BCUT2D eigenvalue weighted by atomic mass is 16.6. The lowest BCUT2D eigenvalue weighted by molar-refractivity contribution is -0.152. The van der Waals surface area contributed by atoms with Crippen molar-refractivity contribution in [3.63, 3.8) is 0 Å². The van der Waals surface area contributed by atoms with Crippen molar-refractivity contribution in [2.45, 2.75) is 13.0 Å². The lowest BCUT2D eigenvalue weighted by Crippen LogP contribution is -2.16. The van der Waals surface area contributed by atoms with Crippen molar-refractivity contribution in [3.05, 3.63) is 84.1 Å². The van der Waals surface area contributed by atoms with Crippen molar-refractivity contribution in [2.24, 2.45) is 0 Å². The summed E-state index contributed by atoms with van der Waals surface area (Å²) in [5.41, 5.74) is 1.63. The Bertz CT molecular complexity index is 623. The number of ether oxygens (including phenoxy) is 2. The summed E-state index contributed by atoms with van der Waals surface area (Å²) in [5, 5.41) is 0. The lowest BCUT2D eigenvalue weighted by Gasteiger charge is -2.19. The van der Waals surface area contributed by atoms with E-state index in [2.05, 4.69) is 11.3 Å². The molecule has 0 radical (unpaired) electrons. The number of benzene rings is 2. The first-order valence-electron chi connectivity index (χ1n) is 6.76. The highest BCUT2D eigenvalue weighted by Crippen LogP contribution is 2.26. The number of esters is 2. The Balaban J connectivity index is 2.25. The number of carbonyl (C=O) groups excluding carboxylic acids is 2. The van der Waals surface area contributed by atoms with E-state index in [-0.39, 0.29) is 5.76 Å². The highest BCUT2D eigenvalue weighted by molar-refractivity contribution is 5.88. The average Bonchev–Trinajstić information content (AvgIpc) is 2.53. The first kappa shape index (κ1) is 15.5. The molecule has 2 aromatic rings. The minimum Gasteiger partial charge on any atom is -0.447 e. The summed E-state index contributed by atoms with van der Waals surface area (Å²) in [5.74, 6) is -1.71. The first-order valence-corrected chi connectivity index (χ1v) is 6.76. The van der Waals surface area contributed by atoms with Crippen molar-refractivity contribution in [2.75, 3.05) is 0 Å². The zero-order valence-electron chi connectivity index (χ0n) is 12.2.